The average molecular weight is 370 g/mol. The molecule has 128 valence electrons. The lowest BCUT2D eigenvalue weighted by Gasteiger charge is -2.31. The summed E-state index contributed by atoms with van der Waals surface area (Å²) in [5.74, 6) is -0.311. The fourth-order valence-electron chi connectivity index (χ4n) is 2.91. The van der Waals surface area contributed by atoms with Crippen molar-refractivity contribution in [1.29, 1.82) is 0 Å². The van der Waals surface area contributed by atoms with Crippen LogP contribution in [0.3, 0.4) is 0 Å². The molecule has 1 saturated heterocycles. The highest BCUT2D eigenvalue weighted by Crippen LogP contribution is 2.18. The molecular formula is C17H19ClFN2O2S+. The minimum atomic E-state index is -3.45. The van der Waals surface area contributed by atoms with Crippen molar-refractivity contribution in [3.63, 3.8) is 0 Å². The first kappa shape index (κ1) is 17.4. The maximum Gasteiger partial charge on any atom is 0.243 e. The van der Waals surface area contributed by atoms with Crippen LogP contribution in [0.4, 0.5) is 4.39 Å². The molecule has 0 spiro atoms. The number of rotatable bonds is 4. The normalized spacial score (nSPS) is 17.1. The maximum atomic E-state index is 13.9. The number of halogens is 2. The molecule has 24 heavy (non-hydrogen) atoms. The molecule has 0 bridgehead atoms. The predicted octanol–water partition coefficient (Wildman–Crippen LogP) is 1.57. The van der Waals surface area contributed by atoms with Gasteiger partial charge in [0.15, 0.2) is 0 Å². The van der Waals surface area contributed by atoms with Crippen LogP contribution in [0.1, 0.15) is 5.56 Å². The number of quaternary nitrogens is 1. The van der Waals surface area contributed by atoms with E-state index in [4.69, 9.17) is 11.6 Å². The van der Waals surface area contributed by atoms with Crippen molar-refractivity contribution >= 4 is 21.6 Å². The van der Waals surface area contributed by atoms with Crippen LogP contribution >= 0.6 is 11.6 Å². The molecule has 1 N–H and O–H groups in total. The van der Waals surface area contributed by atoms with Gasteiger partial charge in [-0.25, -0.2) is 12.8 Å². The molecule has 0 aromatic heterocycles. The topological polar surface area (TPSA) is 41.8 Å². The summed E-state index contributed by atoms with van der Waals surface area (Å²) in [5.41, 5.74) is 0.494. The average Bonchev–Trinajstić information content (AvgIpc) is 2.59. The van der Waals surface area contributed by atoms with E-state index in [9.17, 15) is 12.8 Å². The van der Waals surface area contributed by atoms with Gasteiger partial charge in [0.05, 0.1) is 41.7 Å². The number of sulfonamides is 1. The van der Waals surface area contributed by atoms with Gasteiger partial charge in [0, 0.05) is 0 Å². The van der Waals surface area contributed by atoms with E-state index in [1.165, 1.54) is 10.4 Å². The quantitative estimate of drug-likeness (QED) is 0.888. The lowest BCUT2D eigenvalue weighted by Crippen LogP contribution is -3.13. The second kappa shape index (κ2) is 7.19. The number of hydrogen-bond donors (Lipinski definition) is 1. The van der Waals surface area contributed by atoms with Crippen molar-refractivity contribution in [3.05, 3.63) is 64.9 Å². The molecule has 0 aliphatic carbocycles. The largest absolute Gasteiger partial charge is 0.329 e. The smallest absolute Gasteiger partial charge is 0.243 e. The second-order valence-electron chi connectivity index (χ2n) is 5.84. The molecule has 2 aromatic carbocycles. The van der Waals surface area contributed by atoms with Gasteiger partial charge in [0.2, 0.25) is 10.0 Å². The molecule has 1 heterocycles. The SMILES string of the molecule is O=S(=O)(c1ccccc1)N1CC[NH+](Cc2c(F)cccc2Cl)CC1. The Balaban J connectivity index is 1.66. The number of piperazine rings is 1. The molecule has 1 fully saturated rings. The van der Waals surface area contributed by atoms with Crippen LogP contribution in [0.2, 0.25) is 5.02 Å². The van der Waals surface area contributed by atoms with E-state index in [0.29, 0.717) is 48.2 Å². The summed E-state index contributed by atoms with van der Waals surface area (Å²) in [6, 6.07) is 13.1. The predicted molar refractivity (Wildman–Crippen MR) is 91.0 cm³/mol. The minimum absolute atomic E-state index is 0.311. The first-order valence-corrected chi connectivity index (χ1v) is 9.62. The van der Waals surface area contributed by atoms with E-state index in [0.717, 1.165) is 4.90 Å². The van der Waals surface area contributed by atoms with E-state index in [-0.39, 0.29) is 5.82 Å². The molecule has 0 unspecified atom stereocenters. The summed E-state index contributed by atoms with van der Waals surface area (Å²) >= 11 is 6.07. The first-order chi connectivity index (χ1) is 11.5. The highest BCUT2D eigenvalue weighted by molar-refractivity contribution is 7.89. The van der Waals surface area contributed by atoms with E-state index in [1.807, 2.05) is 0 Å². The van der Waals surface area contributed by atoms with Crippen LogP contribution in [-0.4, -0.2) is 38.9 Å². The van der Waals surface area contributed by atoms with Crippen LogP contribution in [0, 0.1) is 5.82 Å². The maximum absolute atomic E-state index is 13.9. The second-order valence-corrected chi connectivity index (χ2v) is 8.19. The summed E-state index contributed by atoms with van der Waals surface area (Å²) in [7, 11) is -3.45. The van der Waals surface area contributed by atoms with Gasteiger partial charge in [-0.15, -0.1) is 0 Å². The number of nitrogens with one attached hydrogen (secondary N) is 1. The van der Waals surface area contributed by atoms with Crippen LogP contribution in [0.5, 0.6) is 0 Å². The van der Waals surface area contributed by atoms with Crippen molar-refractivity contribution in [3.8, 4) is 0 Å². The fraction of sp³-hybridized carbons (Fsp3) is 0.294. The third-order valence-corrected chi connectivity index (χ3v) is 6.57. The lowest BCUT2D eigenvalue weighted by atomic mass is 10.2. The van der Waals surface area contributed by atoms with Crippen molar-refractivity contribution in [1.82, 2.24) is 4.31 Å². The standard InChI is InChI=1S/C17H18ClFN2O2S/c18-16-7-4-8-17(19)15(16)13-20-9-11-21(12-10-20)24(22,23)14-5-2-1-3-6-14/h1-8H,9-13H2/p+1. The van der Waals surface area contributed by atoms with Crippen LogP contribution < -0.4 is 4.90 Å². The van der Waals surface area contributed by atoms with Crippen molar-refractivity contribution in [2.24, 2.45) is 0 Å². The van der Waals surface area contributed by atoms with E-state index < -0.39 is 10.0 Å². The van der Waals surface area contributed by atoms with Crippen molar-refractivity contribution < 1.29 is 17.7 Å². The van der Waals surface area contributed by atoms with Gasteiger partial charge in [-0.3, -0.25) is 0 Å². The molecule has 0 amide bonds. The van der Waals surface area contributed by atoms with Crippen LogP contribution in [-0.2, 0) is 16.6 Å². The zero-order valence-corrected chi connectivity index (χ0v) is 14.7. The Morgan fingerprint density at radius 1 is 1.04 bits per heavy atom. The van der Waals surface area contributed by atoms with Crippen molar-refractivity contribution in [2.45, 2.75) is 11.4 Å². The van der Waals surface area contributed by atoms with Gasteiger partial charge < -0.3 is 4.90 Å². The molecule has 1 aliphatic rings. The Morgan fingerprint density at radius 2 is 1.71 bits per heavy atom. The van der Waals surface area contributed by atoms with Gasteiger partial charge >= 0.3 is 0 Å². The molecule has 0 saturated carbocycles. The summed E-state index contributed by atoms with van der Waals surface area (Å²) in [6.45, 7) is 2.54. The van der Waals surface area contributed by atoms with Gasteiger partial charge in [-0.1, -0.05) is 35.9 Å². The Morgan fingerprint density at radius 3 is 2.33 bits per heavy atom. The summed E-state index contributed by atoms with van der Waals surface area (Å²) in [4.78, 5) is 1.44. The molecule has 0 radical (unpaired) electrons. The molecule has 0 atom stereocenters. The van der Waals surface area contributed by atoms with Crippen molar-refractivity contribution in [2.75, 3.05) is 26.2 Å². The Kier molecular flexibility index (Phi) is 5.20. The Hall–Kier alpha value is -1.47. The third kappa shape index (κ3) is 3.62. The Labute approximate surface area is 146 Å². The van der Waals surface area contributed by atoms with Gasteiger partial charge in [-0.05, 0) is 24.3 Å². The van der Waals surface area contributed by atoms with Gasteiger partial charge in [0.25, 0.3) is 0 Å². The highest BCUT2D eigenvalue weighted by atomic mass is 35.5. The van der Waals surface area contributed by atoms with E-state index >= 15 is 0 Å². The fourth-order valence-corrected chi connectivity index (χ4v) is 4.60. The Bertz CT molecular complexity index is 786. The zero-order valence-electron chi connectivity index (χ0n) is 13.1. The molecule has 2 aromatic rings. The van der Waals surface area contributed by atoms with E-state index in [1.54, 1.807) is 42.5 Å². The van der Waals surface area contributed by atoms with E-state index in [2.05, 4.69) is 0 Å². The number of hydrogen-bond acceptors (Lipinski definition) is 2. The molecule has 4 nitrogen and oxygen atoms in total. The lowest BCUT2D eigenvalue weighted by molar-refractivity contribution is -0.917. The highest BCUT2D eigenvalue weighted by Gasteiger charge is 2.30. The third-order valence-electron chi connectivity index (χ3n) is 4.30. The van der Waals surface area contributed by atoms with Gasteiger partial charge in [0.1, 0.15) is 12.4 Å². The molecule has 3 rings (SSSR count). The number of nitrogens with zero attached hydrogens (tertiary/aromatic N) is 1. The molecule has 7 heteroatoms. The van der Waals surface area contributed by atoms with Gasteiger partial charge in [-0.2, -0.15) is 4.31 Å². The number of benzene rings is 2. The zero-order chi connectivity index (χ0) is 17.2. The van der Waals surface area contributed by atoms with Crippen LogP contribution in [0.25, 0.3) is 0 Å². The van der Waals surface area contributed by atoms with Crippen LogP contribution in [0.15, 0.2) is 53.4 Å². The monoisotopic (exact) mass is 369 g/mol. The summed E-state index contributed by atoms with van der Waals surface area (Å²) in [6.07, 6.45) is 0. The first-order valence-electron chi connectivity index (χ1n) is 7.80. The summed E-state index contributed by atoms with van der Waals surface area (Å²) < 4.78 is 40.6. The molecular weight excluding hydrogens is 351 g/mol. The summed E-state index contributed by atoms with van der Waals surface area (Å²) in [5, 5.41) is 0.418. The molecule has 1 aliphatic heterocycles. The minimum Gasteiger partial charge on any atom is -0.329 e.